The van der Waals surface area contributed by atoms with Crippen LogP contribution >= 0.6 is 0 Å². The molecule has 1 aliphatic rings. The van der Waals surface area contributed by atoms with E-state index in [9.17, 15) is 18.0 Å². The van der Waals surface area contributed by atoms with Crippen LogP contribution in [0.5, 0.6) is 5.88 Å². The lowest BCUT2D eigenvalue weighted by Gasteiger charge is -2.17. The number of nitrogens with zero attached hydrogens (tertiary/aromatic N) is 4. The van der Waals surface area contributed by atoms with Crippen molar-refractivity contribution in [3.05, 3.63) is 53.3 Å². The zero-order valence-corrected chi connectivity index (χ0v) is 20.6. The lowest BCUT2D eigenvalue weighted by molar-refractivity contribution is 0.0817. The minimum atomic E-state index is -4.34. The summed E-state index contributed by atoms with van der Waals surface area (Å²) in [4.78, 5) is 30.6. The summed E-state index contributed by atoms with van der Waals surface area (Å²) in [6.07, 6.45) is 4.16. The first kappa shape index (κ1) is 24.2. The van der Waals surface area contributed by atoms with Crippen molar-refractivity contribution in [2.45, 2.75) is 24.3 Å². The fourth-order valence-electron chi connectivity index (χ4n) is 4.05. The van der Waals surface area contributed by atoms with Crippen molar-refractivity contribution < 1.29 is 22.7 Å². The van der Waals surface area contributed by atoms with Gasteiger partial charge in [-0.3, -0.25) is 9.48 Å². The van der Waals surface area contributed by atoms with Crippen LogP contribution in [0.25, 0.3) is 11.1 Å². The van der Waals surface area contributed by atoms with Crippen molar-refractivity contribution in [1.29, 1.82) is 0 Å². The number of anilines is 1. The summed E-state index contributed by atoms with van der Waals surface area (Å²) in [5, 5.41) is 6.21. The summed E-state index contributed by atoms with van der Waals surface area (Å²) >= 11 is 0. The summed E-state index contributed by atoms with van der Waals surface area (Å²) in [6, 6.07) is 7.64. The number of aromatic nitrogens is 3. The number of carbonyl (C=O) groups excluding carboxylic acids is 2. The van der Waals surface area contributed by atoms with Gasteiger partial charge >= 0.3 is 6.03 Å². The Labute approximate surface area is 203 Å². The average molecular weight is 499 g/mol. The minimum Gasteiger partial charge on any atom is -0.481 e. The number of fused-ring (bicyclic) bond motifs is 1. The summed E-state index contributed by atoms with van der Waals surface area (Å²) in [5.41, 5.74) is 4.15. The van der Waals surface area contributed by atoms with Crippen molar-refractivity contribution in [2.24, 2.45) is 7.05 Å². The van der Waals surface area contributed by atoms with E-state index in [0.717, 1.165) is 52.3 Å². The van der Waals surface area contributed by atoms with Gasteiger partial charge in [-0.25, -0.2) is 14.5 Å². The molecule has 0 fully saturated rings. The minimum absolute atomic E-state index is 0.0746. The van der Waals surface area contributed by atoms with E-state index in [1.54, 1.807) is 32.4 Å². The highest BCUT2D eigenvalue weighted by molar-refractivity contribution is 7.90. The fourth-order valence-corrected chi connectivity index (χ4v) is 4.95. The van der Waals surface area contributed by atoms with Crippen LogP contribution in [0, 0.1) is 0 Å². The van der Waals surface area contributed by atoms with Gasteiger partial charge in [-0.1, -0.05) is 12.1 Å². The number of nitrogens with one attached hydrogen (secondary N) is 2. The summed E-state index contributed by atoms with van der Waals surface area (Å²) in [6.45, 7) is 0. The van der Waals surface area contributed by atoms with Gasteiger partial charge in [0.2, 0.25) is 5.88 Å². The van der Waals surface area contributed by atoms with Gasteiger partial charge in [0.05, 0.1) is 12.8 Å². The Balaban J connectivity index is 1.64. The molecule has 3 amide bonds. The highest BCUT2D eigenvalue weighted by atomic mass is 32.2. The molecule has 3 aromatic rings. The van der Waals surface area contributed by atoms with Gasteiger partial charge in [0.1, 0.15) is 5.69 Å². The highest BCUT2D eigenvalue weighted by Gasteiger charge is 2.27. The molecule has 0 spiro atoms. The van der Waals surface area contributed by atoms with Crippen LogP contribution in [0.15, 0.2) is 41.6 Å². The molecule has 0 saturated heterocycles. The lowest BCUT2D eigenvalue weighted by Crippen LogP contribution is -2.35. The second-order valence-corrected chi connectivity index (χ2v) is 9.95. The Morgan fingerprint density at radius 1 is 1.14 bits per heavy atom. The van der Waals surface area contributed by atoms with Crippen LogP contribution in [0.2, 0.25) is 0 Å². The molecule has 1 aromatic carbocycles. The zero-order chi connectivity index (χ0) is 25.3. The normalized spacial score (nSPS) is 12.7. The molecule has 0 unspecified atom stereocenters. The number of hydrogen-bond acceptors (Lipinski definition) is 7. The largest absolute Gasteiger partial charge is 0.481 e. The molecule has 0 atom stereocenters. The number of hydrogen-bond donors (Lipinski definition) is 2. The van der Waals surface area contributed by atoms with Crippen molar-refractivity contribution in [3.63, 3.8) is 0 Å². The fraction of sp³-hybridized carbons (Fsp3) is 0.304. The molecule has 1 aliphatic carbocycles. The molecule has 0 saturated carbocycles. The maximum Gasteiger partial charge on any atom is 0.333 e. The second kappa shape index (κ2) is 9.37. The molecule has 2 heterocycles. The van der Waals surface area contributed by atoms with E-state index >= 15 is 0 Å². The first-order valence-electron chi connectivity index (χ1n) is 10.9. The van der Waals surface area contributed by atoms with Crippen LogP contribution in [0.4, 0.5) is 10.5 Å². The number of aryl methyl sites for hydroxylation is 2. The first-order chi connectivity index (χ1) is 16.6. The number of amides is 3. The number of benzene rings is 1. The van der Waals surface area contributed by atoms with E-state index in [0.29, 0.717) is 11.6 Å². The zero-order valence-electron chi connectivity index (χ0n) is 19.8. The Morgan fingerprint density at radius 2 is 1.91 bits per heavy atom. The number of methoxy groups -OCH3 is 1. The van der Waals surface area contributed by atoms with E-state index in [-0.39, 0.29) is 5.69 Å². The van der Waals surface area contributed by atoms with E-state index in [4.69, 9.17) is 4.74 Å². The average Bonchev–Trinajstić information content (AvgIpc) is 3.45. The quantitative estimate of drug-likeness (QED) is 0.532. The van der Waals surface area contributed by atoms with E-state index in [1.165, 1.54) is 19.1 Å². The van der Waals surface area contributed by atoms with Crippen LogP contribution in [-0.4, -0.2) is 61.2 Å². The second-order valence-electron chi connectivity index (χ2n) is 8.32. The Morgan fingerprint density at radius 3 is 2.63 bits per heavy atom. The van der Waals surface area contributed by atoms with Gasteiger partial charge in [0, 0.05) is 45.0 Å². The van der Waals surface area contributed by atoms with E-state index in [1.807, 2.05) is 16.9 Å². The standard InChI is InChI=1S/C23H26N6O5S/c1-28(2)22(30)18-13-20(26-29(18)3)35(32,33)27-23(31)25-21-16-7-5-6-14(16)8-9-17(21)15-10-11-24-19(12-15)34-4/h8-13H,5-7H2,1-4H3,(H2,25,27,31). The Kier molecular flexibility index (Phi) is 6.48. The Hall–Kier alpha value is -3.93. The van der Waals surface area contributed by atoms with Gasteiger partial charge in [-0.15, -0.1) is 0 Å². The van der Waals surface area contributed by atoms with Crippen molar-refractivity contribution >= 4 is 27.6 Å². The van der Waals surface area contributed by atoms with Crippen LogP contribution in [0.1, 0.15) is 28.0 Å². The van der Waals surface area contributed by atoms with Crippen LogP contribution in [0.3, 0.4) is 0 Å². The summed E-state index contributed by atoms with van der Waals surface area (Å²) in [7, 11) is 1.72. The lowest BCUT2D eigenvalue weighted by atomic mass is 9.98. The topological polar surface area (TPSA) is 136 Å². The van der Waals surface area contributed by atoms with Gasteiger partial charge < -0.3 is 15.0 Å². The summed E-state index contributed by atoms with van der Waals surface area (Å²) in [5.74, 6) is 0.00220. The van der Waals surface area contributed by atoms with Gasteiger partial charge in [-0.2, -0.15) is 13.5 Å². The maximum atomic E-state index is 12.9. The molecule has 2 aromatic heterocycles. The van der Waals surface area contributed by atoms with Gasteiger partial charge in [0.25, 0.3) is 15.9 Å². The van der Waals surface area contributed by atoms with Crippen molar-refractivity contribution in [1.82, 2.24) is 24.4 Å². The molecule has 11 nitrogen and oxygen atoms in total. The number of rotatable bonds is 6. The van der Waals surface area contributed by atoms with Crippen LogP contribution < -0.4 is 14.8 Å². The molecule has 0 aliphatic heterocycles. The monoisotopic (exact) mass is 498 g/mol. The smallest absolute Gasteiger partial charge is 0.333 e. The third kappa shape index (κ3) is 4.83. The molecular formula is C23H26N6O5S. The third-order valence-electron chi connectivity index (χ3n) is 5.76. The first-order valence-corrected chi connectivity index (χ1v) is 12.3. The SMILES string of the molecule is COc1cc(-c2ccc3c(c2NC(=O)NS(=O)(=O)c2cc(C(=O)N(C)C)n(C)n2)CCC3)ccn1. The van der Waals surface area contributed by atoms with E-state index in [2.05, 4.69) is 15.4 Å². The highest BCUT2D eigenvalue weighted by Crippen LogP contribution is 2.38. The molecule has 0 bridgehead atoms. The van der Waals surface area contributed by atoms with E-state index < -0.39 is 27.0 Å². The summed E-state index contributed by atoms with van der Waals surface area (Å²) < 4.78 is 34.1. The molecular weight excluding hydrogens is 472 g/mol. The number of sulfonamides is 1. The number of ether oxygens (including phenoxy) is 1. The predicted molar refractivity (Wildman–Crippen MR) is 129 cm³/mol. The molecule has 2 N–H and O–H groups in total. The molecule has 4 rings (SSSR count). The number of carbonyl (C=O) groups is 2. The Bertz CT molecular complexity index is 1410. The van der Waals surface area contributed by atoms with Crippen LogP contribution in [-0.2, 0) is 29.9 Å². The predicted octanol–water partition coefficient (Wildman–Crippen LogP) is 2.19. The number of pyridine rings is 1. The van der Waals surface area contributed by atoms with Crippen molar-refractivity contribution in [2.75, 3.05) is 26.5 Å². The molecule has 184 valence electrons. The van der Waals surface area contributed by atoms with Gasteiger partial charge in [-0.05, 0) is 42.0 Å². The maximum absolute atomic E-state index is 12.9. The molecule has 35 heavy (non-hydrogen) atoms. The molecule has 0 radical (unpaired) electrons. The molecule has 12 heteroatoms. The van der Waals surface area contributed by atoms with Gasteiger partial charge in [0.15, 0.2) is 5.03 Å². The van der Waals surface area contributed by atoms with Crippen molar-refractivity contribution in [3.8, 4) is 17.0 Å². The third-order valence-corrected chi connectivity index (χ3v) is 6.97. The number of urea groups is 1.